The monoisotopic (exact) mass is 260 g/mol. The van der Waals surface area contributed by atoms with Crippen molar-refractivity contribution in [1.82, 2.24) is 20.2 Å². The van der Waals surface area contributed by atoms with Crippen LogP contribution < -0.4 is 0 Å². The standard InChI is InChI=1S/C11H8N4O2S/c16-9(17)6-15-11(12-13-14-15)8-4-3-7-2-1-5-18-10(7)8/h1-5H,6H2,(H,16,17). The number of hydrogen-bond acceptors (Lipinski definition) is 5. The molecule has 0 unspecified atom stereocenters. The van der Waals surface area contributed by atoms with Gasteiger partial charge in [0, 0.05) is 10.4 Å². The van der Waals surface area contributed by atoms with Gasteiger partial charge in [0.15, 0.2) is 5.82 Å². The summed E-state index contributed by atoms with van der Waals surface area (Å²) < 4.78 is 1.29. The number of fused-ring (bicyclic) bond motifs is 1. The number of hydrogen-bond donors (Lipinski definition) is 1. The smallest absolute Gasteiger partial charge is 0.325 e. The summed E-state index contributed by atoms with van der Waals surface area (Å²) in [5.74, 6) is -0.488. The Labute approximate surface area is 106 Å². The van der Waals surface area contributed by atoms with E-state index in [4.69, 9.17) is 5.11 Å². The van der Waals surface area contributed by atoms with Crippen LogP contribution in [0.3, 0.4) is 0 Å². The number of carboxylic acid groups (broad SMARTS) is 1. The van der Waals surface area contributed by atoms with E-state index in [1.165, 1.54) is 4.68 Å². The lowest BCUT2D eigenvalue weighted by atomic mass is 10.2. The molecule has 3 rings (SSSR count). The van der Waals surface area contributed by atoms with Gasteiger partial charge < -0.3 is 5.11 Å². The van der Waals surface area contributed by atoms with Crippen molar-refractivity contribution >= 4 is 17.3 Å². The van der Waals surface area contributed by atoms with E-state index >= 15 is 0 Å². The third-order valence-corrected chi connectivity index (χ3v) is 3.52. The van der Waals surface area contributed by atoms with Crippen molar-refractivity contribution in [2.75, 3.05) is 0 Å². The van der Waals surface area contributed by atoms with Crippen LogP contribution in [0.2, 0.25) is 0 Å². The van der Waals surface area contributed by atoms with Gasteiger partial charge in [0.25, 0.3) is 0 Å². The number of aromatic nitrogens is 4. The molecule has 0 spiro atoms. The van der Waals surface area contributed by atoms with E-state index in [0.717, 1.165) is 16.0 Å². The van der Waals surface area contributed by atoms with Crippen LogP contribution in [0.25, 0.3) is 21.8 Å². The molecular formula is C11H8N4O2S. The molecular weight excluding hydrogens is 252 g/mol. The fraction of sp³-hybridized carbons (Fsp3) is 0.0909. The fourth-order valence-corrected chi connectivity index (χ4v) is 2.65. The van der Waals surface area contributed by atoms with Crippen molar-refractivity contribution < 1.29 is 9.90 Å². The first-order valence-electron chi connectivity index (χ1n) is 5.20. The molecule has 18 heavy (non-hydrogen) atoms. The van der Waals surface area contributed by atoms with Gasteiger partial charge in [-0.2, -0.15) is 0 Å². The van der Waals surface area contributed by atoms with Crippen LogP contribution in [-0.4, -0.2) is 31.3 Å². The number of nitrogens with zero attached hydrogens (tertiary/aromatic N) is 4. The summed E-state index contributed by atoms with van der Waals surface area (Å²) in [6, 6.07) is 7.85. The molecule has 1 aliphatic carbocycles. The number of carbonyl (C=O) groups is 1. The Morgan fingerprint density at radius 1 is 1.39 bits per heavy atom. The molecule has 6 nitrogen and oxygen atoms in total. The zero-order chi connectivity index (χ0) is 12.5. The van der Waals surface area contributed by atoms with Crippen LogP contribution in [0.1, 0.15) is 0 Å². The van der Waals surface area contributed by atoms with Crippen molar-refractivity contribution in [2.45, 2.75) is 6.54 Å². The average Bonchev–Trinajstić information content (AvgIpc) is 2.94. The topological polar surface area (TPSA) is 80.9 Å². The predicted molar refractivity (Wildman–Crippen MR) is 65.4 cm³/mol. The van der Waals surface area contributed by atoms with Gasteiger partial charge in [0.1, 0.15) is 6.54 Å². The van der Waals surface area contributed by atoms with E-state index in [2.05, 4.69) is 15.5 Å². The summed E-state index contributed by atoms with van der Waals surface area (Å²) >= 11 is 1.58. The summed E-state index contributed by atoms with van der Waals surface area (Å²) in [6.07, 6.45) is 0. The molecule has 1 aliphatic heterocycles. The van der Waals surface area contributed by atoms with E-state index in [0.29, 0.717) is 5.82 Å². The molecule has 0 saturated heterocycles. The first-order valence-corrected chi connectivity index (χ1v) is 6.08. The zero-order valence-electron chi connectivity index (χ0n) is 9.15. The minimum absolute atomic E-state index is 0.244. The summed E-state index contributed by atoms with van der Waals surface area (Å²) in [5, 5.41) is 21.9. The normalized spacial score (nSPS) is 10.9. The molecule has 0 bridgehead atoms. The summed E-state index contributed by atoms with van der Waals surface area (Å²) in [7, 11) is 0. The minimum atomic E-state index is -0.969. The van der Waals surface area contributed by atoms with E-state index in [-0.39, 0.29) is 6.54 Å². The Hall–Kier alpha value is -2.28. The van der Waals surface area contributed by atoms with Gasteiger partial charge in [-0.05, 0) is 27.4 Å². The molecule has 0 saturated carbocycles. The van der Waals surface area contributed by atoms with Gasteiger partial charge in [0.05, 0.1) is 0 Å². The molecule has 2 heterocycles. The van der Waals surface area contributed by atoms with E-state index < -0.39 is 5.97 Å². The van der Waals surface area contributed by atoms with Crippen molar-refractivity contribution in [3.05, 3.63) is 29.6 Å². The maximum Gasteiger partial charge on any atom is 0.325 e. The Morgan fingerprint density at radius 2 is 2.28 bits per heavy atom. The highest BCUT2D eigenvalue weighted by molar-refractivity contribution is 7.13. The largest absolute Gasteiger partial charge is 0.480 e. The summed E-state index contributed by atoms with van der Waals surface area (Å²) in [5.41, 5.74) is 1.96. The number of carboxylic acids is 1. The lowest BCUT2D eigenvalue weighted by Gasteiger charge is -2.02. The second-order valence-corrected chi connectivity index (χ2v) is 4.61. The molecule has 90 valence electrons. The Bertz CT molecular complexity index is 675. The Kier molecular flexibility index (Phi) is 2.52. The van der Waals surface area contributed by atoms with Gasteiger partial charge in [-0.1, -0.05) is 18.2 Å². The maximum atomic E-state index is 10.7. The maximum absolute atomic E-state index is 10.7. The van der Waals surface area contributed by atoms with Crippen LogP contribution in [0, 0.1) is 0 Å². The van der Waals surface area contributed by atoms with Gasteiger partial charge in [-0.25, -0.2) is 4.68 Å². The molecule has 1 aromatic heterocycles. The molecule has 1 aromatic rings. The first-order chi connectivity index (χ1) is 8.75. The minimum Gasteiger partial charge on any atom is -0.480 e. The second-order valence-electron chi connectivity index (χ2n) is 3.70. The highest BCUT2D eigenvalue weighted by Gasteiger charge is 2.18. The third-order valence-electron chi connectivity index (χ3n) is 2.53. The molecule has 2 aliphatic rings. The molecule has 0 atom stereocenters. The van der Waals surface area contributed by atoms with Crippen LogP contribution in [0.15, 0.2) is 29.6 Å². The predicted octanol–water partition coefficient (Wildman–Crippen LogP) is 1.59. The highest BCUT2D eigenvalue weighted by Crippen LogP contribution is 2.36. The molecule has 0 radical (unpaired) electrons. The van der Waals surface area contributed by atoms with Crippen LogP contribution >= 0.6 is 11.3 Å². The second kappa shape index (κ2) is 4.19. The number of rotatable bonds is 3. The fourth-order valence-electron chi connectivity index (χ4n) is 1.80. The first kappa shape index (κ1) is 10.8. The van der Waals surface area contributed by atoms with Gasteiger partial charge >= 0.3 is 5.97 Å². The quantitative estimate of drug-likeness (QED) is 0.773. The van der Waals surface area contributed by atoms with Gasteiger partial charge in [-0.15, -0.1) is 16.4 Å². The van der Waals surface area contributed by atoms with Crippen LogP contribution in [0.5, 0.6) is 0 Å². The summed E-state index contributed by atoms with van der Waals surface area (Å²) in [4.78, 5) is 11.8. The van der Waals surface area contributed by atoms with Crippen LogP contribution in [0.4, 0.5) is 0 Å². The molecule has 0 amide bonds. The molecule has 0 aromatic carbocycles. The SMILES string of the molecule is O=C(O)Cn1nnnc1-c1ccc2cccsc1-2. The third kappa shape index (κ3) is 1.74. The molecule has 0 fully saturated rings. The van der Waals surface area contributed by atoms with Crippen molar-refractivity contribution in [1.29, 1.82) is 0 Å². The van der Waals surface area contributed by atoms with Gasteiger partial charge in [-0.3, -0.25) is 4.79 Å². The highest BCUT2D eigenvalue weighted by atomic mass is 32.1. The van der Waals surface area contributed by atoms with Crippen molar-refractivity contribution in [3.63, 3.8) is 0 Å². The Balaban J connectivity index is 2.10. The average molecular weight is 260 g/mol. The molecule has 1 N–H and O–H groups in total. The van der Waals surface area contributed by atoms with E-state index in [9.17, 15) is 4.79 Å². The number of tetrazole rings is 1. The Morgan fingerprint density at radius 3 is 3.11 bits per heavy atom. The van der Waals surface area contributed by atoms with Gasteiger partial charge in [0.2, 0.25) is 0 Å². The van der Waals surface area contributed by atoms with Crippen molar-refractivity contribution in [2.24, 2.45) is 0 Å². The number of aliphatic carboxylic acids is 1. The lowest BCUT2D eigenvalue weighted by molar-refractivity contribution is -0.137. The van der Waals surface area contributed by atoms with Crippen molar-refractivity contribution in [3.8, 4) is 21.8 Å². The summed E-state index contributed by atoms with van der Waals surface area (Å²) in [6.45, 7) is -0.244. The lowest BCUT2D eigenvalue weighted by Crippen LogP contribution is -2.11. The van der Waals surface area contributed by atoms with Crippen LogP contribution in [-0.2, 0) is 11.3 Å². The zero-order valence-corrected chi connectivity index (χ0v) is 9.96. The molecule has 7 heteroatoms. The van der Waals surface area contributed by atoms with E-state index in [1.54, 1.807) is 11.3 Å². The van der Waals surface area contributed by atoms with E-state index in [1.807, 2.05) is 29.6 Å².